The van der Waals surface area contributed by atoms with Crippen LogP contribution in [0.15, 0.2) is 42.5 Å². The molecule has 112 valence electrons. The molecule has 4 rings (SSSR count). The molecule has 0 unspecified atom stereocenters. The van der Waals surface area contributed by atoms with Crippen molar-refractivity contribution < 1.29 is 4.79 Å². The Bertz CT molecular complexity index is 717. The minimum absolute atomic E-state index is 0.210. The van der Waals surface area contributed by atoms with Crippen molar-refractivity contribution in [3.05, 3.63) is 53.6 Å². The highest BCUT2D eigenvalue weighted by Gasteiger charge is 2.19. The summed E-state index contributed by atoms with van der Waals surface area (Å²) < 4.78 is 0. The third kappa shape index (κ3) is 2.37. The van der Waals surface area contributed by atoms with Crippen LogP contribution in [0.2, 0.25) is 0 Å². The van der Waals surface area contributed by atoms with Crippen molar-refractivity contribution in [2.45, 2.75) is 19.3 Å². The quantitative estimate of drug-likeness (QED) is 0.803. The van der Waals surface area contributed by atoms with Crippen LogP contribution in [0.4, 0.5) is 5.69 Å². The number of nitrogens with one attached hydrogen (secondary N) is 1. The molecule has 2 aromatic carbocycles. The summed E-state index contributed by atoms with van der Waals surface area (Å²) in [6.07, 6.45) is 3.27. The predicted molar refractivity (Wildman–Crippen MR) is 89.0 cm³/mol. The standard InChI is InChI=1S/C19H20N2O/c22-19(21-9-3-4-10-21)13-20-16-7-8-18-15(12-16)11-14-5-1-2-6-17(14)18/h1-2,5-8,12,20H,3-4,9-11,13H2. The van der Waals surface area contributed by atoms with Crippen LogP contribution in [0, 0.1) is 0 Å². The molecule has 2 aromatic rings. The molecule has 3 nitrogen and oxygen atoms in total. The number of nitrogens with zero attached hydrogens (tertiary/aromatic N) is 1. The molecule has 0 aromatic heterocycles. The summed E-state index contributed by atoms with van der Waals surface area (Å²) in [5.41, 5.74) is 6.45. The van der Waals surface area contributed by atoms with Crippen LogP contribution in [0.1, 0.15) is 24.0 Å². The third-order valence-electron chi connectivity index (χ3n) is 4.70. The Morgan fingerprint density at radius 3 is 2.64 bits per heavy atom. The largest absolute Gasteiger partial charge is 0.376 e. The highest BCUT2D eigenvalue weighted by Crippen LogP contribution is 2.37. The number of amides is 1. The van der Waals surface area contributed by atoms with Crippen molar-refractivity contribution >= 4 is 11.6 Å². The maximum atomic E-state index is 12.1. The average molecular weight is 292 g/mol. The van der Waals surface area contributed by atoms with Gasteiger partial charge in [0.25, 0.3) is 0 Å². The van der Waals surface area contributed by atoms with Gasteiger partial charge in [-0.2, -0.15) is 0 Å². The van der Waals surface area contributed by atoms with Crippen LogP contribution in [-0.2, 0) is 11.2 Å². The number of carbonyl (C=O) groups excluding carboxylic acids is 1. The molecule has 0 radical (unpaired) electrons. The molecule has 1 amide bonds. The maximum absolute atomic E-state index is 12.1. The summed E-state index contributed by atoms with van der Waals surface area (Å²) in [4.78, 5) is 14.0. The predicted octanol–water partition coefficient (Wildman–Crippen LogP) is 3.29. The van der Waals surface area contributed by atoms with Gasteiger partial charge in [-0.15, -0.1) is 0 Å². The van der Waals surface area contributed by atoms with Gasteiger partial charge in [0, 0.05) is 18.8 Å². The lowest BCUT2D eigenvalue weighted by Crippen LogP contribution is -2.32. The van der Waals surface area contributed by atoms with E-state index in [9.17, 15) is 4.79 Å². The molecule has 0 saturated carbocycles. The van der Waals surface area contributed by atoms with E-state index in [4.69, 9.17) is 0 Å². The second-order valence-corrected chi connectivity index (χ2v) is 6.15. The van der Waals surface area contributed by atoms with Gasteiger partial charge in [0.2, 0.25) is 5.91 Å². The van der Waals surface area contributed by atoms with Crippen molar-refractivity contribution in [1.82, 2.24) is 4.90 Å². The van der Waals surface area contributed by atoms with Crippen molar-refractivity contribution in [2.24, 2.45) is 0 Å². The molecule has 1 fully saturated rings. The van der Waals surface area contributed by atoms with Gasteiger partial charge in [-0.25, -0.2) is 0 Å². The lowest BCUT2D eigenvalue weighted by Gasteiger charge is -2.16. The van der Waals surface area contributed by atoms with Gasteiger partial charge >= 0.3 is 0 Å². The number of likely N-dealkylation sites (tertiary alicyclic amines) is 1. The third-order valence-corrected chi connectivity index (χ3v) is 4.70. The molecule has 1 saturated heterocycles. The fourth-order valence-corrected chi connectivity index (χ4v) is 3.51. The van der Waals surface area contributed by atoms with Crippen LogP contribution in [0.3, 0.4) is 0 Å². The summed E-state index contributed by atoms with van der Waals surface area (Å²) >= 11 is 0. The van der Waals surface area contributed by atoms with Crippen molar-refractivity contribution in [3.8, 4) is 11.1 Å². The fraction of sp³-hybridized carbons (Fsp3) is 0.316. The lowest BCUT2D eigenvalue weighted by molar-refractivity contribution is -0.128. The van der Waals surface area contributed by atoms with Crippen LogP contribution in [0.5, 0.6) is 0 Å². The van der Waals surface area contributed by atoms with E-state index in [2.05, 4.69) is 47.8 Å². The van der Waals surface area contributed by atoms with Gasteiger partial charge in [0.1, 0.15) is 0 Å². The fourth-order valence-electron chi connectivity index (χ4n) is 3.51. The number of hydrogen-bond donors (Lipinski definition) is 1. The van der Waals surface area contributed by atoms with E-state index in [-0.39, 0.29) is 5.91 Å². The summed E-state index contributed by atoms with van der Waals surface area (Å²) in [6.45, 7) is 2.23. The Morgan fingerprint density at radius 2 is 1.77 bits per heavy atom. The SMILES string of the molecule is O=C(CNc1ccc2c(c1)Cc1ccccc1-2)N1CCCC1. The highest BCUT2D eigenvalue weighted by molar-refractivity contribution is 5.82. The normalized spacial score (nSPS) is 15.5. The molecule has 1 aliphatic heterocycles. The minimum atomic E-state index is 0.210. The molecular formula is C19H20N2O. The van der Waals surface area contributed by atoms with E-state index in [0.717, 1.165) is 38.0 Å². The number of carbonyl (C=O) groups is 1. The Morgan fingerprint density at radius 1 is 1.00 bits per heavy atom. The molecule has 2 aliphatic rings. The van der Waals surface area contributed by atoms with Crippen molar-refractivity contribution in [3.63, 3.8) is 0 Å². The van der Waals surface area contributed by atoms with E-state index < -0.39 is 0 Å². The maximum Gasteiger partial charge on any atom is 0.241 e. The van der Waals surface area contributed by atoms with E-state index in [1.165, 1.54) is 22.3 Å². The van der Waals surface area contributed by atoms with Crippen molar-refractivity contribution in [1.29, 1.82) is 0 Å². The Hall–Kier alpha value is -2.29. The van der Waals surface area contributed by atoms with E-state index >= 15 is 0 Å². The monoisotopic (exact) mass is 292 g/mol. The van der Waals surface area contributed by atoms with Crippen LogP contribution in [0.25, 0.3) is 11.1 Å². The molecule has 1 aliphatic carbocycles. The highest BCUT2D eigenvalue weighted by atomic mass is 16.2. The minimum Gasteiger partial charge on any atom is -0.376 e. The molecular weight excluding hydrogens is 272 g/mol. The number of benzene rings is 2. The zero-order valence-corrected chi connectivity index (χ0v) is 12.6. The first-order chi connectivity index (χ1) is 10.8. The second kappa shape index (κ2) is 5.48. The van der Waals surface area contributed by atoms with Crippen LogP contribution < -0.4 is 5.32 Å². The summed E-state index contributed by atoms with van der Waals surface area (Å²) in [5, 5.41) is 3.29. The van der Waals surface area contributed by atoms with E-state index in [1.807, 2.05) is 4.90 Å². The Kier molecular flexibility index (Phi) is 3.34. The molecule has 22 heavy (non-hydrogen) atoms. The molecule has 1 heterocycles. The van der Waals surface area contributed by atoms with Crippen LogP contribution in [-0.4, -0.2) is 30.4 Å². The van der Waals surface area contributed by atoms with Gasteiger partial charge in [0.05, 0.1) is 6.54 Å². The molecule has 0 atom stereocenters. The van der Waals surface area contributed by atoms with Gasteiger partial charge < -0.3 is 10.2 Å². The van der Waals surface area contributed by atoms with Crippen molar-refractivity contribution in [2.75, 3.05) is 25.0 Å². The van der Waals surface area contributed by atoms with Gasteiger partial charge in [0.15, 0.2) is 0 Å². The summed E-state index contributed by atoms with van der Waals surface area (Å²) in [7, 11) is 0. The van der Waals surface area contributed by atoms with E-state index in [0.29, 0.717) is 6.54 Å². The first kappa shape index (κ1) is 13.4. The molecule has 0 bridgehead atoms. The summed E-state index contributed by atoms with van der Waals surface area (Å²) in [5.74, 6) is 0.210. The van der Waals surface area contributed by atoms with E-state index in [1.54, 1.807) is 0 Å². The average Bonchev–Trinajstić information content (AvgIpc) is 3.19. The van der Waals surface area contributed by atoms with Crippen LogP contribution >= 0.6 is 0 Å². The molecule has 1 N–H and O–H groups in total. The molecule has 0 spiro atoms. The number of rotatable bonds is 3. The Balaban J connectivity index is 1.47. The second-order valence-electron chi connectivity index (χ2n) is 6.15. The number of hydrogen-bond acceptors (Lipinski definition) is 2. The smallest absolute Gasteiger partial charge is 0.241 e. The zero-order chi connectivity index (χ0) is 14.9. The summed E-state index contributed by atoms with van der Waals surface area (Å²) in [6, 6.07) is 15.0. The first-order valence-electron chi connectivity index (χ1n) is 8.04. The molecule has 3 heteroatoms. The lowest BCUT2D eigenvalue weighted by atomic mass is 10.1. The van der Waals surface area contributed by atoms with Gasteiger partial charge in [-0.3, -0.25) is 4.79 Å². The Labute approximate surface area is 131 Å². The zero-order valence-electron chi connectivity index (χ0n) is 12.6. The topological polar surface area (TPSA) is 32.3 Å². The number of fused-ring (bicyclic) bond motifs is 3. The van der Waals surface area contributed by atoms with Gasteiger partial charge in [-0.05, 0) is 53.6 Å². The number of anilines is 1. The first-order valence-corrected chi connectivity index (χ1v) is 8.04. The van der Waals surface area contributed by atoms with Gasteiger partial charge in [-0.1, -0.05) is 30.3 Å².